The van der Waals surface area contributed by atoms with Crippen molar-refractivity contribution < 1.29 is 19.4 Å². The van der Waals surface area contributed by atoms with Crippen molar-refractivity contribution in [1.29, 1.82) is 0 Å². The summed E-state index contributed by atoms with van der Waals surface area (Å²) in [6.45, 7) is 4.66. The maximum absolute atomic E-state index is 12.0. The van der Waals surface area contributed by atoms with Crippen LogP contribution in [0, 0.1) is 6.92 Å². The molecule has 120 valence electrons. The van der Waals surface area contributed by atoms with Crippen LogP contribution in [0.3, 0.4) is 0 Å². The van der Waals surface area contributed by atoms with E-state index < -0.39 is 11.9 Å². The van der Waals surface area contributed by atoms with E-state index in [1.54, 1.807) is 0 Å². The van der Waals surface area contributed by atoms with Gasteiger partial charge in [-0.1, -0.05) is 12.1 Å². The van der Waals surface area contributed by atoms with Gasteiger partial charge in [-0.15, -0.1) is 0 Å². The molecule has 0 spiro atoms. The number of carbonyl (C=O) groups excluding carboxylic acids is 1. The van der Waals surface area contributed by atoms with Crippen molar-refractivity contribution in [2.45, 2.75) is 20.4 Å². The molecule has 7 nitrogen and oxygen atoms in total. The number of carboxylic acid groups (broad SMARTS) is 1. The van der Waals surface area contributed by atoms with Crippen LogP contribution < -0.4 is 10.1 Å². The van der Waals surface area contributed by atoms with Gasteiger partial charge < -0.3 is 15.2 Å². The number of aryl methyl sites for hydroxylation is 1. The second kappa shape index (κ2) is 7.35. The number of carbonyl (C=O) groups is 2. The van der Waals surface area contributed by atoms with E-state index in [0.29, 0.717) is 6.61 Å². The zero-order valence-corrected chi connectivity index (χ0v) is 12.9. The van der Waals surface area contributed by atoms with E-state index in [1.807, 2.05) is 32.0 Å². The molecule has 2 N–H and O–H groups in total. The highest BCUT2D eigenvalue weighted by atomic mass is 16.5. The summed E-state index contributed by atoms with van der Waals surface area (Å²) >= 11 is 0. The van der Waals surface area contributed by atoms with E-state index in [0.717, 1.165) is 29.3 Å². The lowest BCUT2D eigenvalue weighted by Crippen LogP contribution is -2.24. The van der Waals surface area contributed by atoms with Crippen LogP contribution in [0.5, 0.6) is 5.75 Å². The fourth-order valence-electron chi connectivity index (χ4n) is 1.92. The van der Waals surface area contributed by atoms with Gasteiger partial charge >= 0.3 is 5.97 Å². The van der Waals surface area contributed by atoms with Crippen molar-refractivity contribution in [2.24, 2.45) is 0 Å². The summed E-state index contributed by atoms with van der Waals surface area (Å²) in [5.74, 6) is -0.900. The number of amides is 1. The molecule has 0 fully saturated rings. The van der Waals surface area contributed by atoms with E-state index in [-0.39, 0.29) is 17.9 Å². The minimum absolute atomic E-state index is 0.0556. The maximum Gasteiger partial charge on any atom is 0.356 e. The van der Waals surface area contributed by atoms with Crippen LogP contribution in [-0.2, 0) is 6.54 Å². The van der Waals surface area contributed by atoms with Gasteiger partial charge in [0.25, 0.3) is 5.91 Å². The molecule has 2 rings (SSSR count). The van der Waals surface area contributed by atoms with Crippen molar-refractivity contribution in [3.8, 4) is 5.75 Å². The molecule has 0 aliphatic heterocycles. The predicted octanol–water partition coefficient (Wildman–Crippen LogP) is 1.81. The highest BCUT2D eigenvalue weighted by Gasteiger charge is 2.12. The van der Waals surface area contributed by atoms with Crippen LogP contribution in [-0.4, -0.2) is 33.6 Å². The first kappa shape index (κ1) is 16.4. The molecule has 1 amide bonds. The van der Waals surface area contributed by atoms with Crippen LogP contribution in [0.2, 0.25) is 0 Å². The molecule has 0 aliphatic carbocycles. The zero-order chi connectivity index (χ0) is 16.8. The Bertz CT molecular complexity index is 714. The second-order valence-electron chi connectivity index (χ2n) is 4.82. The quantitative estimate of drug-likeness (QED) is 0.843. The number of carboxylic acids is 1. The zero-order valence-electron chi connectivity index (χ0n) is 12.9. The minimum Gasteiger partial charge on any atom is -0.494 e. The van der Waals surface area contributed by atoms with Crippen LogP contribution in [0.4, 0.5) is 0 Å². The summed E-state index contributed by atoms with van der Waals surface area (Å²) in [5, 5.41) is 11.5. The molecular weight excluding hydrogens is 298 g/mol. The van der Waals surface area contributed by atoms with Gasteiger partial charge in [-0.25, -0.2) is 14.8 Å². The van der Waals surface area contributed by atoms with Gasteiger partial charge in [0, 0.05) is 12.1 Å². The summed E-state index contributed by atoms with van der Waals surface area (Å²) in [4.78, 5) is 30.2. The van der Waals surface area contributed by atoms with Gasteiger partial charge in [-0.05, 0) is 25.5 Å². The number of aromatic nitrogens is 2. The summed E-state index contributed by atoms with van der Waals surface area (Å²) in [6, 6.07) is 5.73. The molecule has 7 heteroatoms. The first-order chi connectivity index (χ1) is 11.0. The van der Waals surface area contributed by atoms with Crippen LogP contribution in [0.15, 0.2) is 30.6 Å². The Hall–Kier alpha value is -2.96. The number of aromatic carboxylic acids is 1. The Morgan fingerprint density at radius 1 is 1.22 bits per heavy atom. The van der Waals surface area contributed by atoms with Gasteiger partial charge in [-0.3, -0.25) is 4.79 Å². The molecule has 1 aromatic heterocycles. The first-order valence-electron chi connectivity index (χ1n) is 7.07. The number of ether oxygens (including phenoxy) is 1. The SMILES string of the molecule is CCOc1cc(C)ccc1CNC(=O)c1cnc(C(=O)O)cn1. The van der Waals surface area contributed by atoms with Gasteiger partial charge in [0.15, 0.2) is 5.69 Å². The highest BCUT2D eigenvalue weighted by Crippen LogP contribution is 2.20. The predicted molar refractivity (Wildman–Crippen MR) is 82.5 cm³/mol. The fraction of sp³-hybridized carbons (Fsp3) is 0.250. The second-order valence-corrected chi connectivity index (χ2v) is 4.82. The van der Waals surface area contributed by atoms with Gasteiger partial charge in [0.1, 0.15) is 11.4 Å². The molecule has 23 heavy (non-hydrogen) atoms. The third-order valence-electron chi connectivity index (χ3n) is 3.07. The van der Waals surface area contributed by atoms with Gasteiger partial charge in [0.05, 0.1) is 19.0 Å². The van der Waals surface area contributed by atoms with Crippen LogP contribution in [0.25, 0.3) is 0 Å². The largest absolute Gasteiger partial charge is 0.494 e. The highest BCUT2D eigenvalue weighted by molar-refractivity contribution is 5.92. The van der Waals surface area contributed by atoms with Crippen molar-refractivity contribution >= 4 is 11.9 Å². The number of hydrogen-bond acceptors (Lipinski definition) is 5. The molecule has 0 aliphatic rings. The summed E-state index contributed by atoms with van der Waals surface area (Å²) in [7, 11) is 0. The number of rotatable bonds is 6. The molecule has 0 atom stereocenters. The van der Waals surface area contributed by atoms with E-state index >= 15 is 0 Å². The summed E-state index contributed by atoms with van der Waals surface area (Å²) in [6.07, 6.45) is 2.19. The Balaban J connectivity index is 2.05. The van der Waals surface area contributed by atoms with Crippen molar-refractivity contribution in [1.82, 2.24) is 15.3 Å². The standard InChI is InChI=1S/C16H17N3O4/c1-3-23-14-6-10(2)4-5-11(14)7-19-15(20)12-8-18-13(9-17-12)16(21)22/h4-6,8-9H,3,7H2,1-2H3,(H,19,20)(H,21,22). The molecule has 0 unspecified atom stereocenters. The summed E-state index contributed by atoms with van der Waals surface area (Å²) in [5.41, 5.74) is 1.76. The summed E-state index contributed by atoms with van der Waals surface area (Å²) < 4.78 is 5.55. The van der Waals surface area contributed by atoms with E-state index in [4.69, 9.17) is 9.84 Å². The number of nitrogens with zero attached hydrogens (tertiary/aromatic N) is 2. The molecule has 1 aromatic carbocycles. The normalized spacial score (nSPS) is 10.2. The van der Waals surface area contributed by atoms with E-state index in [2.05, 4.69) is 15.3 Å². The molecule has 0 radical (unpaired) electrons. The Morgan fingerprint density at radius 2 is 1.91 bits per heavy atom. The van der Waals surface area contributed by atoms with Gasteiger partial charge in [-0.2, -0.15) is 0 Å². The molecule has 1 heterocycles. The van der Waals surface area contributed by atoms with E-state index in [1.165, 1.54) is 0 Å². The van der Waals surface area contributed by atoms with Crippen molar-refractivity contribution in [3.63, 3.8) is 0 Å². The molecule has 0 bridgehead atoms. The fourth-order valence-corrected chi connectivity index (χ4v) is 1.92. The Kier molecular flexibility index (Phi) is 5.24. The monoisotopic (exact) mass is 315 g/mol. The number of hydrogen-bond donors (Lipinski definition) is 2. The molecule has 0 saturated heterocycles. The van der Waals surface area contributed by atoms with Crippen LogP contribution in [0.1, 0.15) is 39.0 Å². The number of benzene rings is 1. The first-order valence-corrected chi connectivity index (χ1v) is 7.07. The minimum atomic E-state index is -1.19. The lowest BCUT2D eigenvalue weighted by Gasteiger charge is -2.12. The number of nitrogens with one attached hydrogen (secondary N) is 1. The lowest BCUT2D eigenvalue weighted by atomic mass is 10.1. The third kappa shape index (κ3) is 4.26. The maximum atomic E-state index is 12.0. The average Bonchev–Trinajstić information content (AvgIpc) is 2.54. The van der Waals surface area contributed by atoms with Crippen LogP contribution >= 0.6 is 0 Å². The smallest absolute Gasteiger partial charge is 0.356 e. The van der Waals surface area contributed by atoms with Crippen molar-refractivity contribution in [2.75, 3.05) is 6.61 Å². The Labute approximate surface area is 133 Å². The molecular formula is C16H17N3O4. The Morgan fingerprint density at radius 3 is 2.52 bits per heavy atom. The van der Waals surface area contributed by atoms with Gasteiger partial charge in [0.2, 0.25) is 0 Å². The average molecular weight is 315 g/mol. The van der Waals surface area contributed by atoms with E-state index in [9.17, 15) is 9.59 Å². The third-order valence-corrected chi connectivity index (χ3v) is 3.07. The topological polar surface area (TPSA) is 101 Å². The molecule has 2 aromatic rings. The lowest BCUT2D eigenvalue weighted by molar-refractivity contribution is 0.0689. The molecule has 0 saturated carbocycles. The van der Waals surface area contributed by atoms with Crippen molar-refractivity contribution in [3.05, 3.63) is 53.1 Å².